The third-order valence-electron chi connectivity index (χ3n) is 2.52. The zero-order valence-electron chi connectivity index (χ0n) is 8.97. The van der Waals surface area contributed by atoms with Crippen molar-refractivity contribution < 1.29 is 4.74 Å². The number of hydrogen-bond donors (Lipinski definition) is 1. The van der Waals surface area contributed by atoms with Crippen LogP contribution in [0.4, 0.5) is 0 Å². The summed E-state index contributed by atoms with van der Waals surface area (Å²) in [5, 5.41) is 3.28. The smallest absolute Gasteiger partial charge is 0.114 e. The van der Waals surface area contributed by atoms with Gasteiger partial charge in [-0.05, 0) is 36.9 Å². The number of halogens is 2. The highest BCUT2D eigenvalue weighted by molar-refractivity contribution is 9.11. The highest BCUT2D eigenvalue weighted by atomic mass is 79.9. The van der Waals surface area contributed by atoms with Crippen molar-refractivity contribution in [3.63, 3.8) is 0 Å². The van der Waals surface area contributed by atoms with Crippen LogP contribution in [0.25, 0.3) is 0 Å². The van der Waals surface area contributed by atoms with Crippen molar-refractivity contribution in [3.8, 4) is 0 Å². The van der Waals surface area contributed by atoms with E-state index >= 15 is 0 Å². The maximum Gasteiger partial charge on any atom is 0.114 e. The van der Waals surface area contributed by atoms with Gasteiger partial charge in [0.15, 0.2) is 0 Å². The highest BCUT2D eigenvalue weighted by Gasteiger charge is 2.19. The van der Waals surface area contributed by atoms with Gasteiger partial charge >= 0.3 is 0 Å². The summed E-state index contributed by atoms with van der Waals surface area (Å²) in [6.45, 7) is 0.794. The molecule has 1 heterocycles. The molecule has 0 saturated heterocycles. The van der Waals surface area contributed by atoms with Gasteiger partial charge in [0.25, 0.3) is 0 Å². The Kier molecular flexibility index (Phi) is 4.05. The number of ether oxygens (including phenoxy) is 1. The van der Waals surface area contributed by atoms with Crippen molar-refractivity contribution in [2.24, 2.45) is 0 Å². The van der Waals surface area contributed by atoms with E-state index in [0.717, 1.165) is 27.7 Å². The van der Waals surface area contributed by atoms with Crippen LogP contribution in [-0.4, -0.2) is 13.7 Å². The van der Waals surface area contributed by atoms with Crippen molar-refractivity contribution >= 4 is 31.9 Å². The number of likely N-dealkylation sites (N-methyl/N-ethyl adjacent to an activating group) is 1. The topological polar surface area (TPSA) is 21.3 Å². The van der Waals surface area contributed by atoms with Gasteiger partial charge in [-0.15, -0.1) is 0 Å². The fourth-order valence-corrected chi connectivity index (χ4v) is 3.18. The van der Waals surface area contributed by atoms with Gasteiger partial charge in [0.2, 0.25) is 0 Å². The predicted octanol–water partition coefficient (Wildman–Crippen LogP) is 3.78. The van der Waals surface area contributed by atoms with Gasteiger partial charge < -0.3 is 10.1 Å². The molecular weight excluding hydrogens is 334 g/mol. The summed E-state index contributed by atoms with van der Waals surface area (Å²) in [5.41, 5.74) is 1.19. The fourth-order valence-electron chi connectivity index (χ4n) is 1.85. The van der Waals surface area contributed by atoms with Crippen LogP contribution in [0, 0.1) is 0 Å². The van der Waals surface area contributed by atoms with Gasteiger partial charge in [-0.2, -0.15) is 0 Å². The van der Waals surface area contributed by atoms with Crippen molar-refractivity contribution in [1.29, 1.82) is 0 Å². The lowest BCUT2D eigenvalue weighted by Gasteiger charge is -2.18. The number of benzene rings is 1. The van der Waals surface area contributed by atoms with Gasteiger partial charge in [0.1, 0.15) is 5.76 Å². The lowest BCUT2D eigenvalue weighted by molar-refractivity contribution is 0.218. The second-order valence-corrected chi connectivity index (χ2v) is 5.50. The van der Waals surface area contributed by atoms with Crippen LogP contribution in [0.3, 0.4) is 0 Å². The van der Waals surface area contributed by atoms with Gasteiger partial charge in [-0.3, -0.25) is 0 Å². The average Bonchev–Trinajstić information content (AvgIpc) is 2.70. The molecule has 1 unspecified atom stereocenters. The van der Waals surface area contributed by atoms with Crippen LogP contribution >= 0.6 is 31.9 Å². The Hall–Kier alpha value is -0.320. The molecule has 16 heavy (non-hydrogen) atoms. The summed E-state index contributed by atoms with van der Waals surface area (Å²) in [5.74, 6) is 1.02. The largest absolute Gasteiger partial charge is 0.496 e. The first-order valence-electron chi connectivity index (χ1n) is 5.17. The SMILES string of the molecule is CNC(C1=CCCO1)c1cc(Br)cc(Br)c1. The van der Waals surface area contributed by atoms with E-state index in [-0.39, 0.29) is 6.04 Å². The summed E-state index contributed by atoms with van der Waals surface area (Å²) in [6.07, 6.45) is 3.15. The second-order valence-electron chi connectivity index (χ2n) is 3.67. The molecule has 1 N–H and O–H groups in total. The van der Waals surface area contributed by atoms with E-state index in [1.54, 1.807) is 0 Å². The van der Waals surface area contributed by atoms with Crippen LogP contribution in [-0.2, 0) is 4.74 Å². The Labute approximate surface area is 112 Å². The fraction of sp³-hybridized carbons (Fsp3) is 0.333. The molecule has 0 fully saturated rings. The quantitative estimate of drug-likeness (QED) is 0.899. The van der Waals surface area contributed by atoms with Crippen molar-refractivity contribution in [2.45, 2.75) is 12.5 Å². The highest BCUT2D eigenvalue weighted by Crippen LogP contribution is 2.30. The molecule has 2 nitrogen and oxygen atoms in total. The maximum absolute atomic E-state index is 5.61. The third kappa shape index (κ3) is 2.67. The van der Waals surface area contributed by atoms with Crippen LogP contribution in [0.15, 0.2) is 39.0 Å². The minimum Gasteiger partial charge on any atom is -0.496 e. The van der Waals surface area contributed by atoms with Crippen molar-refractivity contribution in [2.75, 3.05) is 13.7 Å². The van der Waals surface area contributed by atoms with E-state index < -0.39 is 0 Å². The van der Waals surface area contributed by atoms with E-state index in [1.165, 1.54) is 5.56 Å². The molecule has 1 aromatic rings. The van der Waals surface area contributed by atoms with E-state index in [2.05, 4.69) is 55.4 Å². The lowest BCUT2D eigenvalue weighted by Crippen LogP contribution is -2.19. The van der Waals surface area contributed by atoms with Gasteiger partial charge in [0.05, 0.1) is 12.6 Å². The van der Waals surface area contributed by atoms with Crippen molar-refractivity contribution in [3.05, 3.63) is 44.5 Å². The minimum absolute atomic E-state index is 0.135. The molecule has 2 rings (SSSR count). The van der Waals surface area contributed by atoms with E-state index in [9.17, 15) is 0 Å². The molecule has 0 saturated carbocycles. The standard InChI is InChI=1S/C12H13Br2NO/c1-15-12(11-3-2-4-16-11)8-5-9(13)7-10(14)6-8/h3,5-7,12,15H,2,4H2,1H3. The Balaban J connectivity index is 2.32. The lowest BCUT2D eigenvalue weighted by atomic mass is 10.1. The molecule has 1 aliphatic heterocycles. The van der Waals surface area contributed by atoms with Crippen LogP contribution in [0.5, 0.6) is 0 Å². The Morgan fingerprint density at radius 2 is 1.94 bits per heavy atom. The first-order chi connectivity index (χ1) is 7.70. The molecule has 1 atom stereocenters. The number of rotatable bonds is 3. The van der Waals surface area contributed by atoms with Gasteiger partial charge in [-0.1, -0.05) is 31.9 Å². The summed E-state index contributed by atoms with van der Waals surface area (Å²) < 4.78 is 7.74. The van der Waals surface area contributed by atoms with Crippen LogP contribution in [0.1, 0.15) is 18.0 Å². The number of hydrogen-bond acceptors (Lipinski definition) is 2. The normalized spacial score (nSPS) is 16.8. The predicted molar refractivity (Wildman–Crippen MR) is 72.3 cm³/mol. The Morgan fingerprint density at radius 3 is 2.44 bits per heavy atom. The van der Waals surface area contributed by atoms with Gasteiger partial charge in [0, 0.05) is 15.4 Å². The molecule has 86 valence electrons. The summed E-state index contributed by atoms with van der Waals surface area (Å²) in [7, 11) is 1.95. The second kappa shape index (κ2) is 5.34. The Morgan fingerprint density at radius 1 is 1.25 bits per heavy atom. The zero-order valence-corrected chi connectivity index (χ0v) is 12.1. The summed E-state index contributed by atoms with van der Waals surface area (Å²) in [4.78, 5) is 0. The van der Waals surface area contributed by atoms with Crippen LogP contribution < -0.4 is 5.32 Å². The molecule has 0 aromatic heterocycles. The Bertz CT molecular complexity index is 397. The zero-order chi connectivity index (χ0) is 11.5. The summed E-state index contributed by atoms with van der Waals surface area (Å²) in [6, 6.07) is 6.37. The average molecular weight is 347 g/mol. The molecule has 1 aromatic carbocycles. The van der Waals surface area contributed by atoms with E-state index in [1.807, 2.05) is 13.1 Å². The molecule has 0 spiro atoms. The van der Waals surface area contributed by atoms with Crippen molar-refractivity contribution in [1.82, 2.24) is 5.32 Å². The molecule has 0 aliphatic carbocycles. The molecule has 0 radical (unpaired) electrons. The van der Waals surface area contributed by atoms with E-state index in [4.69, 9.17) is 4.74 Å². The summed E-state index contributed by atoms with van der Waals surface area (Å²) >= 11 is 7.00. The number of nitrogens with one attached hydrogen (secondary N) is 1. The third-order valence-corrected chi connectivity index (χ3v) is 3.44. The molecule has 1 aliphatic rings. The molecule has 0 bridgehead atoms. The first kappa shape index (κ1) is 12.1. The van der Waals surface area contributed by atoms with Crippen LogP contribution in [0.2, 0.25) is 0 Å². The minimum atomic E-state index is 0.135. The van der Waals surface area contributed by atoms with Gasteiger partial charge in [-0.25, -0.2) is 0 Å². The molecular formula is C12H13Br2NO. The van der Waals surface area contributed by atoms with E-state index in [0.29, 0.717) is 0 Å². The first-order valence-corrected chi connectivity index (χ1v) is 6.75. The molecule has 4 heteroatoms. The monoisotopic (exact) mass is 345 g/mol. The molecule has 0 amide bonds. The maximum atomic E-state index is 5.61.